The standard InChI is InChI=1S/C10H17F3N2.C5H8F3N/c11-10(12,13)9-2-1-7-15(9)8-3-5-14-6-4-8;6-5(7,8)4-2-1-3-9-4/h8-9,14H,1-7H2;4,9H,1-3H2. The lowest BCUT2D eigenvalue weighted by Crippen LogP contribution is -2.50. The molecule has 0 aromatic rings. The van der Waals surface area contributed by atoms with Gasteiger partial charge in [-0.2, -0.15) is 26.3 Å². The third-order valence-electron chi connectivity index (χ3n) is 4.91. The molecule has 0 saturated carbocycles. The Morgan fingerprint density at radius 2 is 1.42 bits per heavy atom. The minimum atomic E-state index is -4.04. The van der Waals surface area contributed by atoms with E-state index in [9.17, 15) is 26.3 Å². The Morgan fingerprint density at radius 3 is 1.88 bits per heavy atom. The van der Waals surface area contributed by atoms with Crippen molar-refractivity contribution in [3.05, 3.63) is 0 Å². The minimum absolute atomic E-state index is 0.139. The van der Waals surface area contributed by atoms with Crippen molar-refractivity contribution in [2.75, 3.05) is 26.2 Å². The molecule has 0 aromatic carbocycles. The lowest BCUT2D eigenvalue weighted by molar-refractivity contribution is -0.182. The van der Waals surface area contributed by atoms with E-state index in [0.717, 1.165) is 25.9 Å². The van der Waals surface area contributed by atoms with Crippen LogP contribution in [0.25, 0.3) is 0 Å². The van der Waals surface area contributed by atoms with Gasteiger partial charge in [0.2, 0.25) is 0 Å². The van der Waals surface area contributed by atoms with Crippen molar-refractivity contribution in [1.29, 1.82) is 0 Å². The molecule has 3 rings (SSSR count). The lowest BCUT2D eigenvalue weighted by atomic mass is 10.0. The summed E-state index contributed by atoms with van der Waals surface area (Å²) in [5.41, 5.74) is 0. The van der Waals surface area contributed by atoms with Gasteiger partial charge >= 0.3 is 12.4 Å². The molecular formula is C15H25F6N3. The normalized spacial score (nSPS) is 30.2. The van der Waals surface area contributed by atoms with Crippen molar-refractivity contribution in [3.8, 4) is 0 Å². The maximum absolute atomic E-state index is 12.7. The van der Waals surface area contributed by atoms with Crippen LogP contribution in [0.5, 0.6) is 0 Å². The van der Waals surface area contributed by atoms with Crippen LogP contribution in [0.15, 0.2) is 0 Å². The first-order valence-corrected chi connectivity index (χ1v) is 8.53. The molecule has 3 saturated heterocycles. The van der Waals surface area contributed by atoms with E-state index < -0.39 is 24.4 Å². The minimum Gasteiger partial charge on any atom is -0.317 e. The molecule has 2 unspecified atom stereocenters. The fourth-order valence-electron chi connectivity index (χ4n) is 3.68. The van der Waals surface area contributed by atoms with E-state index >= 15 is 0 Å². The number of rotatable bonds is 1. The van der Waals surface area contributed by atoms with Gasteiger partial charge in [-0.25, -0.2) is 0 Å². The quantitative estimate of drug-likeness (QED) is 0.703. The smallest absolute Gasteiger partial charge is 0.317 e. The van der Waals surface area contributed by atoms with Gasteiger partial charge in [-0.3, -0.25) is 4.90 Å². The third kappa shape index (κ3) is 5.49. The Bertz CT molecular complexity index is 372. The maximum atomic E-state index is 12.7. The van der Waals surface area contributed by atoms with Gasteiger partial charge in [0, 0.05) is 6.04 Å². The number of likely N-dealkylation sites (tertiary alicyclic amines) is 1. The van der Waals surface area contributed by atoms with Gasteiger partial charge in [-0.05, 0) is 64.7 Å². The molecular weight excluding hydrogens is 336 g/mol. The molecule has 0 aliphatic carbocycles. The fourth-order valence-corrected chi connectivity index (χ4v) is 3.68. The number of piperidine rings is 1. The Balaban J connectivity index is 0.000000198. The second-order valence-corrected chi connectivity index (χ2v) is 6.61. The van der Waals surface area contributed by atoms with Crippen molar-refractivity contribution in [2.24, 2.45) is 0 Å². The third-order valence-corrected chi connectivity index (χ3v) is 4.91. The van der Waals surface area contributed by atoms with Crippen LogP contribution >= 0.6 is 0 Å². The van der Waals surface area contributed by atoms with Crippen molar-refractivity contribution < 1.29 is 26.3 Å². The van der Waals surface area contributed by atoms with Gasteiger partial charge in [0.05, 0.1) is 0 Å². The van der Waals surface area contributed by atoms with Crippen LogP contribution in [0, 0.1) is 0 Å². The zero-order valence-electron chi connectivity index (χ0n) is 13.5. The molecule has 24 heavy (non-hydrogen) atoms. The highest BCUT2D eigenvalue weighted by Crippen LogP contribution is 2.35. The van der Waals surface area contributed by atoms with Crippen LogP contribution in [0.1, 0.15) is 38.5 Å². The zero-order chi connectivity index (χ0) is 17.8. The fraction of sp³-hybridized carbons (Fsp3) is 1.00. The lowest BCUT2D eigenvalue weighted by Gasteiger charge is -2.36. The molecule has 0 radical (unpaired) electrons. The maximum Gasteiger partial charge on any atom is 0.404 e. The molecule has 2 atom stereocenters. The Morgan fingerprint density at radius 1 is 0.750 bits per heavy atom. The summed E-state index contributed by atoms with van der Waals surface area (Å²) >= 11 is 0. The molecule has 9 heteroatoms. The van der Waals surface area contributed by atoms with E-state index in [4.69, 9.17) is 0 Å². The van der Waals surface area contributed by atoms with E-state index in [2.05, 4.69) is 10.6 Å². The molecule has 142 valence electrons. The zero-order valence-corrected chi connectivity index (χ0v) is 13.5. The van der Waals surface area contributed by atoms with E-state index in [1.807, 2.05) is 0 Å². The van der Waals surface area contributed by atoms with Crippen LogP contribution in [-0.2, 0) is 0 Å². The highest BCUT2D eigenvalue weighted by molar-refractivity contribution is 4.90. The average Bonchev–Trinajstić information content (AvgIpc) is 3.19. The first-order valence-electron chi connectivity index (χ1n) is 8.53. The summed E-state index contributed by atoms with van der Waals surface area (Å²) in [5, 5.41) is 5.56. The first-order chi connectivity index (χ1) is 11.2. The summed E-state index contributed by atoms with van der Waals surface area (Å²) in [6.07, 6.45) is -4.51. The highest BCUT2D eigenvalue weighted by Gasteiger charge is 2.47. The van der Waals surface area contributed by atoms with Crippen LogP contribution in [0.2, 0.25) is 0 Å². The topological polar surface area (TPSA) is 27.3 Å². The second kappa shape index (κ2) is 8.23. The van der Waals surface area contributed by atoms with Gasteiger partial charge in [-0.15, -0.1) is 0 Å². The van der Waals surface area contributed by atoms with Gasteiger partial charge in [-0.1, -0.05) is 0 Å². The largest absolute Gasteiger partial charge is 0.404 e. The second-order valence-electron chi connectivity index (χ2n) is 6.61. The summed E-state index contributed by atoms with van der Waals surface area (Å²) in [7, 11) is 0. The van der Waals surface area contributed by atoms with Crippen LogP contribution in [0.3, 0.4) is 0 Å². The predicted molar refractivity (Wildman–Crippen MR) is 78.8 cm³/mol. The molecule has 3 fully saturated rings. The van der Waals surface area contributed by atoms with E-state index in [1.165, 1.54) is 0 Å². The van der Waals surface area contributed by atoms with Gasteiger partial charge in [0.15, 0.2) is 0 Å². The monoisotopic (exact) mass is 361 g/mol. The molecule has 0 aromatic heterocycles. The highest BCUT2D eigenvalue weighted by atomic mass is 19.4. The van der Waals surface area contributed by atoms with Crippen molar-refractivity contribution in [1.82, 2.24) is 15.5 Å². The van der Waals surface area contributed by atoms with E-state index in [-0.39, 0.29) is 18.9 Å². The number of hydrogen-bond donors (Lipinski definition) is 2. The molecule has 0 amide bonds. The summed E-state index contributed by atoms with van der Waals surface area (Å²) in [6, 6.07) is -2.28. The van der Waals surface area contributed by atoms with Crippen LogP contribution in [-0.4, -0.2) is 61.6 Å². The van der Waals surface area contributed by atoms with E-state index in [0.29, 0.717) is 25.9 Å². The van der Waals surface area contributed by atoms with E-state index in [1.54, 1.807) is 4.90 Å². The predicted octanol–water partition coefficient (Wildman–Crippen LogP) is 3.07. The van der Waals surface area contributed by atoms with Gasteiger partial charge < -0.3 is 10.6 Å². The van der Waals surface area contributed by atoms with Crippen LogP contribution < -0.4 is 10.6 Å². The number of nitrogens with zero attached hydrogens (tertiary/aromatic N) is 1. The molecule has 3 heterocycles. The van der Waals surface area contributed by atoms with Crippen molar-refractivity contribution in [2.45, 2.75) is 69.0 Å². The molecule has 0 spiro atoms. The molecule has 3 nitrogen and oxygen atoms in total. The number of hydrogen-bond acceptors (Lipinski definition) is 3. The number of halogens is 6. The summed E-state index contributed by atoms with van der Waals surface area (Å²) < 4.78 is 73.2. The molecule has 2 N–H and O–H groups in total. The summed E-state index contributed by atoms with van der Waals surface area (Å²) in [5.74, 6) is 0. The Hall–Kier alpha value is -0.540. The average molecular weight is 361 g/mol. The summed E-state index contributed by atoms with van der Waals surface area (Å²) in [4.78, 5) is 1.68. The Kier molecular flexibility index (Phi) is 6.78. The Labute approximate surface area is 138 Å². The number of alkyl halides is 6. The first kappa shape index (κ1) is 19.8. The molecule has 0 bridgehead atoms. The van der Waals surface area contributed by atoms with Gasteiger partial charge in [0.1, 0.15) is 12.1 Å². The van der Waals surface area contributed by atoms with Crippen molar-refractivity contribution >= 4 is 0 Å². The van der Waals surface area contributed by atoms with Gasteiger partial charge in [0.25, 0.3) is 0 Å². The summed E-state index contributed by atoms with van der Waals surface area (Å²) in [6.45, 7) is 2.83. The molecule has 3 aliphatic heterocycles. The van der Waals surface area contributed by atoms with Crippen LogP contribution in [0.4, 0.5) is 26.3 Å². The molecule has 3 aliphatic rings. The SMILES string of the molecule is FC(F)(F)C1CCCN1.FC(F)(F)C1CCCN1C1CCNCC1. The van der Waals surface area contributed by atoms with Crippen molar-refractivity contribution in [3.63, 3.8) is 0 Å². The number of nitrogens with one attached hydrogen (secondary N) is 2.